The second-order valence-electron chi connectivity index (χ2n) is 9.94. The maximum atomic E-state index is 13.7. The minimum atomic E-state index is -5.14. The summed E-state index contributed by atoms with van der Waals surface area (Å²) in [4.78, 5) is 24.4. The van der Waals surface area contributed by atoms with E-state index in [1.54, 1.807) is 29.1 Å². The van der Waals surface area contributed by atoms with Crippen LogP contribution in [0.15, 0.2) is 59.7 Å². The molecule has 3 aromatic rings. The minimum absolute atomic E-state index is 0.0111. The number of hydrogen-bond acceptors (Lipinski definition) is 7. The van der Waals surface area contributed by atoms with Crippen LogP contribution in [0.1, 0.15) is 47.7 Å². The highest BCUT2D eigenvalue weighted by atomic mass is 19.4. The minimum Gasteiger partial charge on any atom is -0.495 e. The van der Waals surface area contributed by atoms with E-state index in [9.17, 15) is 31.1 Å². The summed E-state index contributed by atoms with van der Waals surface area (Å²) in [5.74, 6) is -0.573. The van der Waals surface area contributed by atoms with Gasteiger partial charge < -0.3 is 23.8 Å². The molecule has 14 heteroatoms. The molecule has 2 aliphatic rings. The molecule has 2 aliphatic heterocycles. The van der Waals surface area contributed by atoms with Crippen molar-refractivity contribution < 1.29 is 45.4 Å². The molecular weight excluding hydrogens is 582 g/mol. The van der Waals surface area contributed by atoms with E-state index in [2.05, 4.69) is 10.1 Å². The van der Waals surface area contributed by atoms with Crippen LogP contribution in [-0.4, -0.2) is 46.5 Å². The second-order valence-corrected chi connectivity index (χ2v) is 9.94. The van der Waals surface area contributed by atoms with Crippen molar-refractivity contribution in [2.75, 3.05) is 20.3 Å². The monoisotopic (exact) mass is 608 g/mol. The lowest BCUT2D eigenvalue weighted by atomic mass is 9.92. The Kier molecular flexibility index (Phi) is 7.65. The van der Waals surface area contributed by atoms with Gasteiger partial charge in [0.1, 0.15) is 5.75 Å². The molecule has 1 saturated heterocycles. The predicted octanol–water partition coefficient (Wildman–Crippen LogP) is 6.47. The Hall–Kier alpha value is -4.49. The van der Waals surface area contributed by atoms with Gasteiger partial charge in [-0.25, -0.2) is 9.78 Å². The lowest BCUT2D eigenvalue weighted by Gasteiger charge is -2.38. The number of carbonyl (C=O) groups is 1. The van der Waals surface area contributed by atoms with Crippen LogP contribution in [0.25, 0.3) is 11.8 Å². The van der Waals surface area contributed by atoms with E-state index in [0.29, 0.717) is 41.9 Å². The number of fused-ring (bicyclic) bond motifs is 1. The smallest absolute Gasteiger partial charge is 0.416 e. The van der Waals surface area contributed by atoms with Crippen molar-refractivity contribution in [1.29, 1.82) is 0 Å². The SMILES string of the molecule is CCOC(=O)C1(c2cc(C(F)(F)F)cc(C(F)(F)F)c2)ON=C2C(=Cc3ccc(-n4cnc(C)c4)c(OC)c3)CCCN21. The van der Waals surface area contributed by atoms with Crippen LogP contribution in [0.4, 0.5) is 26.3 Å². The number of amidine groups is 1. The van der Waals surface area contributed by atoms with E-state index in [4.69, 9.17) is 14.3 Å². The third kappa shape index (κ3) is 5.53. The van der Waals surface area contributed by atoms with Crippen LogP contribution in [-0.2, 0) is 32.4 Å². The van der Waals surface area contributed by atoms with Crippen molar-refractivity contribution >= 4 is 17.9 Å². The van der Waals surface area contributed by atoms with Crippen molar-refractivity contribution in [3.8, 4) is 11.4 Å². The summed E-state index contributed by atoms with van der Waals surface area (Å²) >= 11 is 0. The molecule has 2 aromatic carbocycles. The summed E-state index contributed by atoms with van der Waals surface area (Å²) < 4.78 is 95.0. The molecule has 0 aliphatic carbocycles. The highest BCUT2D eigenvalue weighted by Gasteiger charge is 2.58. The zero-order chi connectivity index (χ0) is 31.2. The van der Waals surface area contributed by atoms with E-state index in [1.807, 2.05) is 19.2 Å². The van der Waals surface area contributed by atoms with Gasteiger partial charge in [0.05, 0.1) is 42.6 Å². The van der Waals surface area contributed by atoms with Gasteiger partial charge in [0.25, 0.3) is 0 Å². The number of rotatable bonds is 6. The Labute approximate surface area is 242 Å². The summed E-state index contributed by atoms with van der Waals surface area (Å²) in [5.41, 5.74) is -3.64. The fourth-order valence-electron chi connectivity index (χ4n) is 5.13. The quantitative estimate of drug-likeness (QED) is 0.236. The third-order valence-electron chi connectivity index (χ3n) is 7.08. The van der Waals surface area contributed by atoms with Crippen molar-refractivity contribution in [1.82, 2.24) is 14.5 Å². The number of imidazole rings is 1. The summed E-state index contributed by atoms with van der Waals surface area (Å²) in [5, 5.41) is 4.03. The van der Waals surface area contributed by atoms with Gasteiger partial charge in [0, 0.05) is 18.3 Å². The number of hydrogen-bond donors (Lipinski definition) is 0. The first-order valence-corrected chi connectivity index (χ1v) is 13.2. The van der Waals surface area contributed by atoms with E-state index in [0.717, 1.165) is 11.4 Å². The Morgan fingerprint density at radius 1 is 1.09 bits per heavy atom. The molecule has 0 saturated carbocycles. The van der Waals surface area contributed by atoms with Gasteiger partial charge in [-0.1, -0.05) is 11.2 Å². The van der Waals surface area contributed by atoms with Gasteiger partial charge in [0.2, 0.25) is 0 Å². The zero-order valence-electron chi connectivity index (χ0n) is 23.2. The van der Waals surface area contributed by atoms with Gasteiger partial charge in [-0.2, -0.15) is 26.3 Å². The number of halogens is 6. The van der Waals surface area contributed by atoms with E-state index >= 15 is 0 Å². The van der Waals surface area contributed by atoms with Crippen molar-refractivity contribution in [2.24, 2.45) is 5.16 Å². The predicted molar refractivity (Wildman–Crippen MR) is 142 cm³/mol. The Balaban J connectivity index is 1.59. The molecule has 43 heavy (non-hydrogen) atoms. The van der Waals surface area contributed by atoms with E-state index < -0.39 is 40.7 Å². The molecular formula is C29H26F6N4O4. The molecule has 3 heterocycles. The Morgan fingerprint density at radius 3 is 2.37 bits per heavy atom. The number of aryl methyl sites for hydroxylation is 1. The standard InChI is InChI=1S/C29H26F6N4O4/c1-4-42-26(40)27(20-12-21(28(30,31)32)14-22(13-20)29(33,34)35)39-9-5-6-19(25(39)37-43-27)10-18-7-8-23(24(11-18)41-3)38-15-17(2)36-16-38/h7-8,10-16H,4-6,9H2,1-3H3. The van der Waals surface area contributed by atoms with Crippen molar-refractivity contribution in [3.05, 3.63) is 82.4 Å². The largest absolute Gasteiger partial charge is 0.495 e. The molecule has 1 fully saturated rings. The number of methoxy groups -OCH3 is 1. The van der Waals surface area contributed by atoms with Gasteiger partial charge >= 0.3 is 24.0 Å². The topological polar surface area (TPSA) is 78.2 Å². The maximum absolute atomic E-state index is 13.7. The van der Waals surface area contributed by atoms with Crippen LogP contribution in [0.2, 0.25) is 0 Å². The average Bonchev–Trinajstić information content (AvgIpc) is 3.57. The first-order valence-electron chi connectivity index (χ1n) is 13.2. The summed E-state index contributed by atoms with van der Waals surface area (Å²) in [7, 11) is 1.51. The van der Waals surface area contributed by atoms with Crippen LogP contribution in [0, 0.1) is 6.92 Å². The van der Waals surface area contributed by atoms with Crippen molar-refractivity contribution in [2.45, 2.75) is 44.8 Å². The molecule has 8 nitrogen and oxygen atoms in total. The van der Waals surface area contributed by atoms with E-state index in [-0.39, 0.29) is 25.1 Å². The summed E-state index contributed by atoms with van der Waals surface area (Å²) in [6.07, 6.45) is -4.23. The molecule has 1 atom stereocenters. The number of oxime groups is 1. The van der Waals surface area contributed by atoms with Crippen LogP contribution in [0.3, 0.4) is 0 Å². The van der Waals surface area contributed by atoms with Gasteiger partial charge in [-0.05, 0) is 74.2 Å². The van der Waals surface area contributed by atoms with Crippen LogP contribution in [0.5, 0.6) is 5.75 Å². The Bertz CT molecular complexity index is 1580. The highest BCUT2D eigenvalue weighted by Crippen LogP contribution is 2.45. The number of ether oxygens (including phenoxy) is 2. The molecule has 1 unspecified atom stereocenters. The molecule has 1 aromatic heterocycles. The van der Waals surface area contributed by atoms with Gasteiger partial charge in [-0.3, -0.25) is 0 Å². The average molecular weight is 609 g/mol. The van der Waals surface area contributed by atoms with Gasteiger partial charge in [-0.15, -0.1) is 0 Å². The lowest BCUT2D eigenvalue weighted by molar-refractivity contribution is -0.189. The highest BCUT2D eigenvalue weighted by molar-refractivity contribution is 6.06. The number of carbonyl (C=O) groups excluding carboxylic acids is 1. The second kappa shape index (κ2) is 11.0. The number of nitrogens with zero attached hydrogens (tertiary/aromatic N) is 4. The van der Waals surface area contributed by atoms with Crippen molar-refractivity contribution in [3.63, 3.8) is 0 Å². The van der Waals surface area contributed by atoms with E-state index in [1.165, 1.54) is 18.9 Å². The first-order chi connectivity index (χ1) is 20.3. The number of aromatic nitrogens is 2. The molecule has 0 bridgehead atoms. The zero-order valence-corrected chi connectivity index (χ0v) is 23.2. The van der Waals surface area contributed by atoms with Crippen LogP contribution < -0.4 is 4.74 Å². The fraction of sp³-hybridized carbons (Fsp3) is 0.345. The maximum Gasteiger partial charge on any atom is 0.416 e. The Morgan fingerprint density at radius 2 is 1.79 bits per heavy atom. The summed E-state index contributed by atoms with van der Waals surface area (Å²) in [6, 6.07) is 6.28. The molecule has 0 radical (unpaired) electrons. The number of piperidine rings is 1. The molecule has 0 amide bonds. The molecule has 228 valence electrons. The van der Waals surface area contributed by atoms with Crippen LogP contribution >= 0.6 is 0 Å². The normalized spacial score (nSPS) is 19.6. The molecule has 0 N–H and O–H groups in total. The number of alkyl halides is 6. The first kappa shape index (κ1) is 30.0. The molecule has 5 rings (SSSR count). The third-order valence-corrected chi connectivity index (χ3v) is 7.08. The number of esters is 1. The lowest BCUT2D eigenvalue weighted by Crippen LogP contribution is -2.54. The summed E-state index contributed by atoms with van der Waals surface area (Å²) in [6.45, 7) is 3.15. The van der Waals surface area contributed by atoms with Gasteiger partial charge in [0.15, 0.2) is 5.84 Å². The number of benzene rings is 2. The fourth-order valence-corrected chi connectivity index (χ4v) is 5.13. The molecule has 0 spiro atoms.